The van der Waals surface area contributed by atoms with Crippen molar-refractivity contribution < 1.29 is 14.3 Å². The number of amides is 1. The second-order valence-electron chi connectivity index (χ2n) is 3.50. The molecule has 0 radical (unpaired) electrons. The minimum atomic E-state index is -0.423. The maximum atomic E-state index is 11.4. The molecule has 0 aliphatic carbocycles. The average Bonchev–Trinajstić information content (AvgIpc) is 2.75. The number of aromatic nitrogens is 2. The molecule has 1 aromatic heterocycles. The molecule has 1 aromatic rings. The standard InChI is InChI=1S/C11H17N3O3/c1-3-5-12-10(15)8-14-7-9(6-13-14)11(16)17-4-2/h6-7H,3-5,8H2,1-2H3,(H,12,15). The molecular weight excluding hydrogens is 222 g/mol. The Morgan fingerprint density at radius 3 is 2.88 bits per heavy atom. The van der Waals surface area contributed by atoms with Gasteiger partial charge in [-0.05, 0) is 13.3 Å². The smallest absolute Gasteiger partial charge is 0.341 e. The monoisotopic (exact) mass is 239 g/mol. The number of nitrogens with zero attached hydrogens (tertiary/aromatic N) is 2. The third-order valence-electron chi connectivity index (χ3n) is 2.02. The summed E-state index contributed by atoms with van der Waals surface area (Å²) in [4.78, 5) is 22.7. The molecule has 1 rings (SSSR count). The zero-order valence-corrected chi connectivity index (χ0v) is 10.1. The molecule has 0 aromatic carbocycles. The fourth-order valence-electron chi connectivity index (χ4n) is 1.24. The van der Waals surface area contributed by atoms with E-state index in [0.717, 1.165) is 6.42 Å². The van der Waals surface area contributed by atoms with Gasteiger partial charge in [0.1, 0.15) is 6.54 Å². The Morgan fingerprint density at radius 2 is 2.24 bits per heavy atom. The van der Waals surface area contributed by atoms with Crippen LogP contribution >= 0.6 is 0 Å². The molecule has 0 unspecified atom stereocenters. The van der Waals surface area contributed by atoms with Crippen LogP contribution in [0.4, 0.5) is 0 Å². The summed E-state index contributed by atoms with van der Waals surface area (Å²) < 4.78 is 6.23. The summed E-state index contributed by atoms with van der Waals surface area (Å²) in [6, 6.07) is 0. The molecule has 0 saturated heterocycles. The first-order chi connectivity index (χ1) is 8.17. The second-order valence-corrected chi connectivity index (χ2v) is 3.50. The van der Waals surface area contributed by atoms with Crippen molar-refractivity contribution in [1.29, 1.82) is 0 Å². The van der Waals surface area contributed by atoms with Crippen molar-refractivity contribution >= 4 is 11.9 Å². The summed E-state index contributed by atoms with van der Waals surface area (Å²) in [5.74, 6) is -0.543. The first kappa shape index (κ1) is 13.2. The van der Waals surface area contributed by atoms with Gasteiger partial charge in [-0.2, -0.15) is 5.10 Å². The van der Waals surface area contributed by atoms with Gasteiger partial charge >= 0.3 is 5.97 Å². The van der Waals surface area contributed by atoms with Gasteiger partial charge in [0.05, 0.1) is 18.4 Å². The van der Waals surface area contributed by atoms with E-state index in [4.69, 9.17) is 4.74 Å². The molecular formula is C11H17N3O3. The van der Waals surface area contributed by atoms with Crippen molar-refractivity contribution in [2.75, 3.05) is 13.2 Å². The van der Waals surface area contributed by atoms with Gasteiger partial charge in [0.2, 0.25) is 5.91 Å². The van der Waals surface area contributed by atoms with E-state index in [2.05, 4.69) is 10.4 Å². The van der Waals surface area contributed by atoms with Crippen LogP contribution in [-0.2, 0) is 16.1 Å². The maximum absolute atomic E-state index is 11.4. The minimum absolute atomic E-state index is 0.111. The highest BCUT2D eigenvalue weighted by molar-refractivity contribution is 5.88. The molecule has 0 aliphatic rings. The fraction of sp³-hybridized carbons (Fsp3) is 0.545. The van der Waals surface area contributed by atoms with E-state index in [1.54, 1.807) is 6.92 Å². The first-order valence-corrected chi connectivity index (χ1v) is 5.63. The van der Waals surface area contributed by atoms with Crippen LogP contribution in [0.1, 0.15) is 30.6 Å². The van der Waals surface area contributed by atoms with Gasteiger partial charge in [-0.1, -0.05) is 6.92 Å². The lowest BCUT2D eigenvalue weighted by atomic mass is 10.4. The molecule has 6 nitrogen and oxygen atoms in total. The minimum Gasteiger partial charge on any atom is -0.462 e. The summed E-state index contributed by atoms with van der Waals surface area (Å²) in [7, 11) is 0. The molecule has 6 heteroatoms. The van der Waals surface area contributed by atoms with E-state index in [1.807, 2.05) is 6.92 Å². The summed E-state index contributed by atoms with van der Waals surface area (Å²) in [6.07, 6.45) is 3.79. The van der Waals surface area contributed by atoms with E-state index in [1.165, 1.54) is 17.1 Å². The number of nitrogens with one attached hydrogen (secondary N) is 1. The zero-order valence-electron chi connectivity index (χ0n) is 10.1. The van der Waals surface area contributed by atoms with Crippen LogP contribution in [0, 0.1) is 0 Å². The Balaban J connectivity index is 2.50. The third-order valence-corrected chi connectivity index (χ3v) is 2.02. The molecule has 94 valence electrons. The van der Waals surface area contributed by atoms with Gasteiger partial charge in [-0.15, -0.1) is 0 Å². The summed E-state index contributed by atoms with van der Waals surface area (Å²) in [5.41, 5.74) is 0.357. The molecule has 17 heavy (non-hydrogen) atoms. The summed E-state index contributed by atoms with van der Waals surface area (Å²) in [5, 5.41) is 6.65. The Hall–Kier alpha value is -1.85. The Morgan fingerprint density at radius 1 is 1.47 bits per heavy atom. The van der Waals surface area contributed by atoms with E-state index >= 15 is 0 Å². The molecule has 0 spiro atoms. The molecule has 0 atom stereocenters. The normalized spacial score (nSPS) is 10.0. The van der Waals surface area contributed by atoms with Gasteiger partial charge in [0.25, 0.3) is 0 Å². The number of rotatable bonds is 6. The number of ether oxygens (including phenoxy) is 1. The van der Waals surface area contributed by atoms with Crippen LogP contribution < -0.4 is 5.32 Å². The average molecular weight is 239 g/mol. The Kier molecular flexibility index (Phi) is 5.19. The van der Waals surface area contributed by atoms with E-state index in [9.17, 15) is 9.59 Å². The van der Waals surface area contributed by atoms with Crippen LogP contribution in [0.2, 0.25) is 0 Å². The topological polar surface area (TPSA) is 73.2 Å². The van der Waals surface area contributed by atoms with Crippen LogP contribution in [-0.4, -0.2) is 34.8 Å². The Bertz CT molecular complexity index is 387. The lowest BCUT2D eigenvalue weighted by molar-refractivity contribution is -0.121. The zero-order chi connectivity index (χ0) is 12.7. The Labute approximate surface area is 99.9 Å². The van der Waals surface area contributed by atoms with Gasteiger partial charge in [-0.3, -0.25) is 9.48 Å². The lowest BCUT2D eigenvalue weighted by Crippen LogP contribution is -2.28. The fourth-order valence-corrected chi connectivity index (χ4v) is 1.24. The van der Waals surface area contributed by atoms with Crippen LogP contribution in [0.25, 0.3) is 0 Å². The largest absolute Gasteiger partial charge is 0.462 e. The molecule has 0 aliphatic heterocycles. The highest BCUT2D eigenvalue weighted by Crippen LogP contribution is 2.00. The number of carbonyl (C=O) groups is 2. The van der Waals surface area contributed by atoms with Gasteiger partial charge in [0, 0.05) is 12.7 Å². The quantitative estimate of drug-likeness (QED) is 0.737. The predicted molar refractivity (Wildman–Crippen MR) is 61.5 cm³/mol. The lowest BCUT2D eigenvalue weighted by Gasteiger charge is -2.02. The van der Waals surface area contributed by atoms with Gasteiger partial charge in [0.15, 0.2) is 0 Å². The van der Waals surface area contributed by atoms with Gasteiger partial charge in [-0.25, -0.2) is 4.79 Å². The maximum Gasteiger partial charge on any atom is 0.341 e. The number of hydrogen-bond acceptors (Lipinski definition) is 4. The van der Waals surface area contributed by atoms with Crippen molar-refractivity contribution in [2.45, 2.75) is 26.8 Å². The molecule has 1 amide bonds. The SMILES string of the molecule is CCCNC(=O)Cn1cc(C(=O)OCC)cn1. The summed E-state index contributed by atoms with van der Waals surface area (Å²) in [6.45, 7) is 4.79. The number of esters is 1. The number of carbonyl (C=O) groups excluding carboxylic acids is 2. The number of hydrogen-bond donors (Lipinski definition) is 1. The van der Waals surface area contributed by atoms with Crippen LogP contribution in [0.3, 0.4) is 0 Å². The van der Waals surface area contributed by atoms with Gasteiger partial charge < -0.3 is 10.1 Å². The highest BCUT2D eigenvalue weighted by atomic mass is 16.5. The van der Waals surface area contributed by atoms with Crippen LogP contribution in [0.5, 0.6) is 0 Å². The van der Waals surface area contributed by atoms with Crippen molar-refractivity contribution in [3.05, 3.63) is 18.0 Å². The van der Waals surface area contributed by atoms with Crippen molar-refractivity contribution in [3.63, 3.8) is 0 Å². The van der Waals surface area contributed by atoms with E-state index in [0.29, 0.717) is 18.7 Å². The predicted octanol–water partition coefficient (Wildman–Crippen LogP) is 0.586. The third kappa shape index (κ3) is 4.26. The van der Waals surface area contributed by atoms with Crippen molar-refractivity contribution in [3.8, 4) is 0 Å². The molecule has 1 heterocycles. The van der Waals surface area contributed by atoms with Crippen molar-refractivity contribution in [1.82, 2.24) is 15.1 Å². The van der Waals surface area contributed by atoms with E-state index < -0.39 is 5.97 Å². The highest BCUT2D eigenvalue weighted by Gasteiger charge is 2.10. The molecule has 0 saturated carbocycles. The molecule has 0 bridgehead atoms. The molecule has 1 N–H and O–H groups in total. The van der Waals surface area contributed by atoms with Crippen LogP contribution in [0.15, 0.2) is 12.4 Å². The van der Waals surface area contributed by atoms with E-state index in [-0.39, 0.29) is 12.5 Å². The molecule has 0 fully saturated rings. The summed E-state index contributed by atoms with van der Waals surface area (Å²) >= 11 is 0. The van der Waals surface area contributed by atoms with Crippen molar-refractivity contribution in [2.24, 2.45) is 0 Å². The first-order valence-electron chi connectivity index (χ1n) is 5.63. The second kappa shape index (κ2) is 6.67.